The second-order valence-corrected chi connectivity index (χ2v) is 6.95. The van der Waals surface area contributed by atoms with Gasteiger partial charge in [-0.15, -0.1) is 0 Å². The average Bonchev–Trinajstić information content (AvgIpc) is 2.74. The Morgan fingerprint density at radius 3 is 2.48 bits per heavy atom. The molecule has 2 aromatic rings. The van der Waals surface area contributed by atoms with Crippen LogP contribution in [0.2, 0.25) is 5.02 Å². The van der Waals surface area contributed by atoms with Crippen LogP contribution in [0, 0.1) is 6.92 Å². The van der Waals surface area contributed by atoms with Crippen LogP contribution in [0.25, 0.3) is 5.69 Å². The molecule has 0 fully saturated rings. The largest absolute Gasteiger partial charge is 0.384 e. The third-order valence-corrected chi connectivity index (χ3v) is 5.75. The van der Waals surface area contributed by atoms with Crippen LogP contribution in [-0.2, 0) is 0 Å². The first-order chi connectivity index (χ1) is 10.7. The van der Waals surface area contributed by atoms with E-state index < -0.39 is 17.4 Å². The van der Waals surface area contributed by atoms with E-state index in [4.69, 9.17) is 17.3 Å². The number of aryl methyl sites for hydroxylation is 1. The van der Waals surface area contributed by atoms with Crippen molar-refractivity contribution in [3.63, 3.8) is 0 Å². The number of aromatic nitrogens is 1. The third-order valence-electron chi connectivity index (χ3n) is 3.50. The summed E-state index contributed by atoms with van der Waals surface area (Å²) in [7, 11) is 0. The fourth-order valence-electron chi connectivity index (χ4n) is 2.49. The van der Waals surface area contributed by atoms with Gasteiger partial charge in [0.25, 0.3) is 17.4 Å². The molecule has 6 nitrogen and oxygen atoms in total. The quantitative estimate of drug-likeness (QED) is 0.505. The van der Waals surface area contributed by atoms with E-state index in [0.717, 1.165) is 10.6 Å². The Bertz CT molecular complexity index is 969. The molecule has 0 saturated heterocycles. The molecule has 0 atom stereocenters. The summed E-state index contributed by atoms with van der Waals surface area (Å²) < 4.78 is 2.26. The first-order valence-electron chi connectivity index (χ1n) is 6.29. The van der Waals surface area contributed by atoms with Gasteiger partial charge in [-0.05, 0) is 50.4 Å². The number of nitrogens with one attached hydrogen (secondary N) is 1. The van der Waals surface area contributed by atoms with Crippen molar-refractivity contribution in [1.29, 1.82) is 0 Å². The van der Waals surface area contributed by atoms with E-state index in [9.17, 15) is 14.4 Å². The summed E-state index contributed by atoms with van der Waals surface area (Å²) in [5.41, 5.74) is 6.56. The lowest BCUT2D eigenvalue weighted by Crippen LogP contribution is -2.25. The maximum atomic E-state index is 12.5. The van der Waals surface area contributed by atoms with Gasteiger partial charge in [0.05, 0.1) is 26.3 Å². The van der Waals surface area contributed by atoms with Crippen molar-refractivity contribution in [2.45, 2.75) is 6.92 Å². The van der Waals surface area contributed by atoms with Gasteiger partial charge in [0.1, 0.15) is 5.82 Å². The number of benzene rings is 1. The number of rotatable bonds is 1. The van der Waals surface area contributed by atoms with Gasteiger partial charge in [0.2, 0.25) is 0 Å². The monoisotopic (exact) mass is 459 g/mol. The number of hydrogen-bond donors (Lipinski definition) is 2. The second kappa shape index (κ2) is 5.47. The van der Waals surface area contributed by atoms with Gasteiger partial charge in [-0.2, -0.15) is 0 Å². The number of hydrogen-bond acceptors (Lipinski definition) is 4. The number of nitrogens with two attached hydrogens (primary N) is 1. The number of halogens is 3. The fraction of sp³-hybridized carbons (Fsp3) is 0.0714. The molecule has 1 aliphatic heterocycles. The molecule has 3 rings (SSSR count). The van der Waals surface area contributed by atoms with Crippen LogP contribution in [0.15, 0.2) is 25.9 Å². The molecular weight excluding hydrogens is 453 g/mol. The Hall–Kier alpha value is -1.64. The van der Waals surface area contributed by atoms with Crippen LogP contribution < -0.4 is 16.6 Å². The van der Waals surface area contributed by atoms with Crippen LogP contribution in [0.3, 0.4) is 0 Å². The minimum atomic E-state index is -0.634. The summed E-state index contributed by atoms with van der Waals surface area (Å²) >= 11 is 12.9. The SMILES string of the molecule is Cc1cc(Br)c(Cl)c(Br)c1-n1c(N)c2c(cc1=O)C(=O)NC2=O. The Morgan fingerprint density at radius 1 is 1.17 bits per heavy atom. The zero-order chi connectivity index (χ0) is 17.0. The molecule has 1 aromatic carbocycles. The first kappa shape index (κ1) is 16.2. The topological polar surface area (TPSA) is 94.2 Å². The molecule has 0 saturated carbocycles. The summed E-state index contributed by atoms with van der Waals surface area (Å²) in [6.45, 7) is 1.77. The second-order valence-electron chi connectivity index (χ2n) is 4.93. The van der Waals surface area contributed by atoms with Gasteiger partial charge < -0.3 is 5.73 Å². The summed E-state index contributed by atoms with van der Waals surface area (Å²) in [5.74, 6) is -1.38. The molecule has 1 aliphatic rings. The molecule has 3 N–H and O–H groups in total. The van der Waals surface area contributed by atoms with E-state index in [2.05, 4.69) is 37.2 Å². The van der Waals surface area contributed by atoms with E-state index >= 15 is 0 Å². The summed E-state index contributed by atoms with van der Waals surface area (Å²) in [6, 6.07) is 2.82. The molecule has 118 valence electrons. The van der Waals surface area contributed by atoms with Crippen LogP contribution >= 0.6 is 43.5 Å². The number of amides is 2. The minimum Gasteiger partial charge on any atom is -0.384 e. The highest BCUT2D eigenvalue weighted by Gasteiger charge is 2.32. The summed E-state index contributed by atoms with van der Waals surface area (Å²) in [6.07, 6.45) is 0. The Balaban J connectivity index is 2.43. The lowest BCUT2D eigenvalue weighted by Gasteiger charge is -2.17. The molecule has 0 bridgehead atoms. The van der Waals surface area contributed by atoms with Crippen molar-refractivity contribution >= 4 is 61.1 Å². The van der Waals surface area contributed by atoms with Crippen molar-refractivity contribution in [1.82, 2.24) is 9.88 Å². The fourth-order valence-corrected chi connectivity index (χ4v) is 4.14. The zero-order valence-corrected chi connectivity index (χ0v) is 15.5. The van der Waals surface area contributed by atoms with Crippen molar-refractivity contribution in [2.24, 2.45) is 0 Å². The summed E-state index contributed by atoms with van der Waals surface area (Å²) in [4.78, 5) is 36.1. The molecule has 0 unspecified atom stereocenters. The van der Waals surface area contributed by atoms with E-state index in [1.807, 2.05) is 0 Å². The van der Waals surface area contributed by atoms with Gasteiger partial charge in [0.15, 0.2) is 0 Å². The highest BCUT2D eigenvalue weighted by Crippen LogP contribution is 2.38. The minimum absolute atomic E-state index is 0.0139. The van der Waals surface area contributed by atoms with E-state index in [1.54, 1.807) is 13.0 Å². The standard InChI is InChI=1S/C14H8Br2ClN3O3/c1-4-2-6(15)10(17)9(16)11(4)20-7(21)3-5-8(12(20)18)14(23)19-13(5)22/h2-3H,18H2,1H3,(H,19,22,23). The average molecular weight is 461 g/mol. The van der Waals surface area contributed by atoms with Crippen molar-refractivity contribution < 1.29 is 9.59 Å². The first-order valence-corrected chi connectivity index (χ1v) is 8.26. The van der Waals surface area contributed by atoms with Gasteiger partial charge in [-0.3, -0.25) is 24.3 Å². The molecule has 9 heteroatoms. The molecular formula is C14H8Br2ClN3O3. The lowest BCUT2D eigenvalue weighted by atomic mass is 10.1. The Kier molecular flexibility index (Phi) is 3.86. The summed E-state index contributed by atoms with van der Waals surface area (Å²) in [5, 5.41) is 2.48. The molecule has 23 heavy (non-hydrogen) atoms. The van der Waals surface area contributed by atoms with Crippen LogP contribution in [0.4, 0.5) is 5.82 Å². The molecule has 2 heterocycles. The molecule has 0 aliphatic carbocycles. The zero-order valence-electron chi connectivity index (χ0n) is 11.5. The number of carbonyl (C=O) groups excluding carboxylic acids is 2. The van der Waals surface area contributed by atoms with Crippen molar-refractivity contribution in [2.75, 3.05) is 5.73 Å². The van der Waals surface area contributed by atoms with Gasteiger partial charge in [-0.1, -0.05) is 11.6 Å². The van der Waals surface area contributed by atoms with Crippen LogP contribution in [0.5, 0.6) is 0 Å². The normalized spacial score (nSPS) is 13.2. The van der Waals surface area contributed by atoms with Crippen molar-refractivity contribution in [3.05, 3.63) is 53.1 Å². The number of carbonyl (C=O) groups is 2. The molecule has 0 spiro atoms. The van der Waals surface area contributed by atoms with Gasteiger partial charge in [0, 0.05) is 10.5 Å². The lowest BCUT2D eigenvalue weighted by molar-refractivity contribution is 0.0880. The molecule has 1 aromatic heterocycles. The number of anilines is 1. The Labute approximate surface area is 151 Å². The highest BCUT2D eigenvalue weighted by atomic mass is 79.9. The maximum absolute atomic E-state index is 12.5. The predicted octanol–water partition coefficient (Wildman–Crippen LogP) is 2.79. The van der Waals surface area contributed by atoms with E-state index in [0.29, 0.717) is 25.2 Å². The van der Waals surface area contributed by atoms with E-state index in [1.165, 1.54) is 0 Å². The highest BCUT2D eigenvalue weighted by molar-refractivity contribution is 9.11. The van der Waals surface area contributed by atoms with Crippen LogP contribution in [-0.4, -0.2) is 16.4 Å². The number of nitrogen functional groups attached to an aromatic ring is 1. The molecule has 2 amide bonds. The molecule has 0 radical (unpaired) electrons. The van der Waals surface area contributed by atoms with Crippen molar-refractivity contribution in [3.8, 4) is 5.69 Å². The number of nitrogens with zero attached hydrogens (tertiary/aromatic N) is 1. The number of fused-ring (bicyclic) bond motifs is 1. The smallest absolute Gasteiger partial charge is 0.262 e. The maximum Gasteiger partial charge on any atom is 0.262 e. The predicted molar refractivity (Wildman–Crippen MR) is 93.4 cm³/mol. The number of imide groups is 1. The van der Waals surface area contributed by atoms with E-state index in [-0.39, 0.29) is 16.9 Å². The third kappa shape index (κ3) is 2.32. The van der Waals surface area contributed by atoms with Gasteiger partial charge in [-0.25, -0.2) is 0 Å². The van der Waals surface area contributed by atoms with Crippen LogP contribution in [0.1, 0.15) is 26.3 Å². The number of pyridine rings is 1. The Morgan fingerprint density at radius 2 is 1.83 bits per heavy atom. The van der Waals surface area contributed by atoms with Gasteiger partial charge >= 0.3 is 0 Å².